The molecule has 1 N–H and O–H groups in total. The topological polar surface area (TPSA) is 87.1 Å². The maximum absolute atomic E-state index is 12.0. The van der Waals surface area contributed by atoms with Gasteiger partial charge in [-0.25, -0.2) is 12.7 Å². The number of hydrogen-bond donors (Lipinski definition) is 1. The molecule has 2 heterocycles. The molecule has 8 heteroatoms. The highest BCUT2D eigenvalue weighted by atomic mass is 32.2. The molecular formula is C13H24N2O5S. The van der Waals surface area contributed by atoms with Crippen LogP contribution in [-0.2, 0) is 19.6 Å². The Balaban J connectivity index is 1.75. The smallest absolute Gasteiger partial charge is 0.304 e. The zero-order valence-corrected chi connectivity index (χ0v) is 13.1. The predicted octanol–water partition coefficient (Wildman–Crippen LogP) is -0.165. The fourth-order valence-corrected chi connectivity index (χ4v) is 4.32. The van der Waals surface area contributed by atoms with Crippen molar-refractivity contribution in [2.45, 2.75) is 19.3 Å². The number of nitrogens with zero attached hydrogens (tertiary/aromatic N) is 2. The molecule has 2 fully saturated rings. The molecule has 2 aliphatic rings. The van der Waals surface area contributed by atoms with Crippen LogP contribution in [0.5, 0.6) is 0 Å². The fourth-order valence-electron chi connectivity index (χ4n) is 2.86. The van der Waals surface area contributed by atoms with Crippen molar-refractivity contribution in [1.29, 1.82) is 0 Å². The number of carboxylic acid groups (broad SMARTS) is 1. The summed E-state index contributed by atoms with van der Waals surface area (Å²) in [6.45, 7) is 5.50. The number of morpholine rings is 1. The maximum Gasteiger partial charge on any atom is 0.304 e. The highest BCUT2D eigenvalue weighted by molar-refractivity contribution is 7.89. The van der Waals surface area contributed by atoms with Crippen LogP contribution in [0, 0.1) is 5.92 Å². The third kappa shape index (κ3) is 5.21. The molecule has 0 atom stereocenters. The average Bonchev–Trinajstić information content (AvgIpc) is 2.47. The first kappa shape index (κ1) is 16.7. The largest absolute Gasteiger partial charge is 0.481 e. The van der Waals surface area contributed by atoms with Crippen LogP contribution >= 0.6 is 0 Å². The summed E-state index contributed by atoms with van der Waals surface area (Å²) < 4.78 is 30.8. The van der Waals surface area contributed by atoms with E-state index in [1.807, 2.05) is 0 Å². The van der Waals surface area contributed by atoms with Crippen molar-refractivity contribution in [2.75, 3.05) is 51.7 Å². The summed E-state index contributed by atoms with van der Waals surface area (Å²) in [7, 11) is -3.42. The van der Waals surface area contributed by atoms with Gasteiger partial charge < -0.3 is 9.84 Å². The van der Waals surface area contributed by atoms with Crippen molar-refractivity contribution in [1.82, 2.24) is 9.21 Å². The standard InChI is InChI=1S/C13H24N2O5S/c16-13(17)3-10-21(18,19)15-4-1-12(2-5-15)11-14-6-8-20-9-7-14/h12H,1-11H2,(H,16,17). The monoisotopic (exact) mass is 320 g/mol. The van der Waals surface area contributed by atoms with Gasteiger partial charge in [0.1, 0.15) is 0 Å². The lowest BCUT2D eigenvalue weighted by Crippen LogP contribution is -2.44. The molecule has 0 unspecified atom stereocenters. The van der Waals surface area contributed by atoms with Crippen molar-refractivity contribution in [3.63, 3.8) is 0 Å². The van der Waals surface area contributed by atoms with Crippen molar-refractivity contribution < 1.29 is 23.1 Å². The Morgan fingerprint density at radius 1 is 1.14 bits per heavy atom. The summed E-state index contributed by atoms with van der Waals surface area (Å²) in [4.78, 5) is 12.9. The summed E-state index contributed by atoms with van der Waals surface area (Å²) in [6, 6.07) is 0. The van der Waals surface area contributed by atoms with Gasteiger partial charge in [0.15, 0.2) is 0 Å². The maximum atomic E-state index is 12.0. The summed E-state index contributed by atoms with van der Waals surface area (Å²) in [5.41, 5.74) is 0. The fraction of sp³-hybridized carbons (Fsp3) is 0.923. The van der Waals surface area contributed by atoms with Crippen molar-refractivity contribution in [2.24, 2.45) is 5.92 Å². The van der Waals surface area contributed by atoms with Gasteiger partial charge in [0.25, 0.3) is 0 Å². The molecule has 21 heavy (non-hydrogen) atoms. The summed E-state index contributed by atoms with van der Waals surface area (Å²) in [5, 5.41) is 8.60. The first-order valence-electron chi connectivity index (χ1n) is 7.47. The molecule has 0 bridgehead atoms. The van der Waals surface area contributed by atoms with E-state index in [0.717, 1.165) is 45.7 Å². The van der Waals surface area contributed by atoms with Gasteiger partial charge in [0.05, 0.1) is 25.4 Å². The number of rotatable bonds is 6. The minimum absolute atomic E-state index is 0.295. The molecule has 0 aromatic rings. The molecule has 0 aromatic heterocycles. The first-order chi connectivity index (χ1) is 9.97. The third-order valence-electron chi connectivity index (χ3n) is 4.16. The number of sulfonamides is 1. The lowest BCUT2D eigenvalue weighted by molar-refractivity contribution is -0.136. The second-order valence-corrected chi connectivity index (χ2v) is 7.80. The summed E-state index contributed by atoms with van der Waals surface area (Å²) >= 11 is 0. The Labute approximate surface area is 125 Å². The minimum atomic E-state index is -3.42. The van der Waals surface area contributed by atoms with E-state index in [2.05, 4.69) is 4.90 Å². The van der Waals surface area contributed by atoms with Crippen molar-refractivity contribution in [3.05, 3.63) is 0 Å². The van der Waals surface area contributed by atoms with E-state index in [1.165, 1.54) is 4.31 Å². The number of hydrogen-bond acceptors (Lipinski definition) is 5. The van der Waals surface area contributed by atoms with Crippen LogP contribution in [-0.4, -0.2) is 80.4 Å². The van der Waals surface area contributed by atoms with Crippen LogP contribution in [0.25, 0.3) is 0 Å². The zero-order chi connectivity index (χ0) is 15.3. The van der Waals surface area contributed by atoms with E-state index in [4.69, 9.17) is 9.84 Å². The molecule has 0 amide bonds. The predicted molar refractivity (Wildman–Crippen MR) is 77.6 cm³/mol. The van der Waals surface area contributed by atoms with E-state index in [9.17, 15) is 13.2 Å². The van der Waals surface area contributed by atoms with Gasteiger partial charge in [0.2, 0.25) is 10.0 Å². The van der Waals surface area contributed by atoms with E-state index < -0.39 is 16.0 Å². The molecule has 2 rings (SSSR count). The van der Waals surface area contributed by atoms with Gasteiger partial charge in [-0.2, -0.15) is 0 Å². The minimum Gasteiger partial charge on any atom is -0.481 e. The quantitative estimate of drug-likeness (QED) is 0.731. The Morgan fingerprint density at radius 2 is 1.76 bits per heavy atom. The third-order valence-corrected chi connectivity index (χ3v) is 6.03. The zero-order valence-electron chi connectivity index (χ0n) is 12.2. The lowest BCUT2D eigenvalue weighted by Gasteiger charge is -2.35. The molecule has 0 radical (unpaired) electrons. The van der Waals surface area contributed by atoms with Crippen LogP contribution in [0.15, 0.2) is 0 Å². The molecule has 122 valence electrons. The highest BCUT2D eigenvalue weighted by Crippen LogP contribution is 2.21. The van der Waals surface area contributed by atoms with Gasteiger partial charge in [0, 0.05) is 32.7 Å². The molecule has 0 aliphatic carbocycles. The molecule has 2 aliphatic heterocycles. The van der Waals surface area contributed by atoms with Crippen LogP contribution in [0.3, 0.4) is 0 Å². The normalized spacial score (nSPS) is 23.2. The molecule has 0 spiro atoms. The van der Waals surface area contributed by atoms with Gasteiger partial charge in [-0.3, -0.25) is 9.69 Å². The van der Waals surface area contributed by atoms with Crippen LogP contribution in [0.4, 0.5) is 0 Å². The number of aliphatic carboxylic acids is 1. The van der Waals surface area contributed by atoms with Crippen LogP contribution in [0.1, 0.15) is 19.3 Å². The van der Waals surface area contributed by atoms with Gasteiger partial charge in [-0.05, 0) is 18.8 Å². The molecule has 7 nitrogen and oxygen atoms in total. The van der Waals surface area contributed by atoms with E-state index in [-0.39, 0.29) is 12.2 Å². The van der Waals surface area contributed by atoms with E-state index in [0.29, 0.717) is 19.0 Å². The van der Waals surface area contributed by atoms with Crippen LogP contribution < -0.4 is 0 Å². The molecular weight excluding hydrogens is 296 g/mol. The second-order valence-electron chi connectivity index (χ2n) is 5.72. The van der Waals surface area contributed by atoms with Crippen molar-refractivity contribution in [3.8, 4) is 0 Å². The number of carbonyl (C=O) groups is 1. The van der Waals surface area contributed by atoms with E-state index in [1.54, 1.807) is 0 Å². The number of carboxylic acids is 1. The Kier molecular flexibility index (Phi) is 5.98. The van der Waals surface area contributed by atoms with Crippen molar-refractivity contribution >= 4 is 16.0 Å². The molecule has 2 saturated heterocycles. The summed E-state index contributed by atoms with van der Waals surface area (Å²) in [6.07, 6.45) is 1.38. The first-order valence-corrected chi connectivity index (χ1v) is 9.08. The molecule has 0 saturated carbocycles. The van der Waals surface area contributed by atoms with Crippen LogP contribution in [0.2, 0.25) is 0 Å². The Morgan fingerprint density at radius 3 is 2.33 bits per heavy atom. The Hall–Kier alpha value is -0.700. The Bertz CT molecular complexity index is 439. The van der Waals surface area contributed by atoms with Gasteiger partial charge >= 0.3 is 5.97 Å². The summed E-state index contributed by atoms with van der Waals surface area (Å²) in [5.74, 6) is -0.842. The van der Waals surface area contributed by atoms with Gasteiger partial charge in [-0.1, -0.05) is 0 Å². The number of ether oxygens (including phenoxy) is 1. The lowest BCUT2D eigenvalue weighted by atomic mass is 9.97. The SMILES string of the molecule is O=C(O)CCS(=O)(=O)N1CCC(CN2CCOCC2)CC1. The highest BCUT2D eigenvalue weighted by Gasteiger charge is 2.29. The molecule has 0 aromatic carbocycles. The van der Waals surface area contributed by atoms with E-state index >= 15 is 0 Å². The average molecular weight is 320 g/mol. The van der Waals surface area contributed by atoms with Gasteiger partial charge in [-0.15, -0.1) is 0 Å². The number of piperidine rings is 1. The second kappa shape index (κ2) is 7.53.